The number of benzene rings is 1. The lowest BCUT2D eigenvalue weighted by Crippen LogP contribution is -2.53. The second kappa shape index (κ2) is 7.77. The molecule has 0 unspecified atom stereocenters. The predicted molar refractivity (Wildman–Crippen MR) is 94.7 cm³/mol. The highest BCUT2D eigenvalue weighted by atomic mass is 32.2. The van der Waals surface area contributed by atoms with Crippen LogP contribution in [0.15, 0.2) is 41.3 Å². The number of carboxylic acid groups (broad SMARTS) is 1. The number of carbonyl (C=O) groups is 2. The van der Waals surface area contributed by atoms with Crippen molar-refractivity contribution >= 4 is 21.9 Å². The number of piperazine rings is 1. The summed E-state index contributed by atoms with van der Waals surface area (Å²) in [5.41, 5.74) is 0. The fraction of sp³-hybridized carbons (Fsp3) is 0.444. The van der Waals surface area contributed by atoms with Gasteiger partial charge in [0.15, 0.2) is 0 Å². The van der Waals surface area contributed by atoms with Crippen molar-refractivity contribution in [3.63, 3.8) is 0 Å². The molecule has 146 valence electrons. The number of aliphatic carboxylic acids is 1. The zero-order valence-corrected chi connectivity index (χ0v) is 15.4. The molecule has 0 aromatic heterocycles. The van der Waals surface area contributed by atoms with Crippen LogP contribution in [0.4, 0.5) is 4.39 Å². The van der Waals surface area contributed by atoms with Gasteiger partial charge in [0.05, 0.1) is 16.7 Å². The first kappa shape index (κ1) is 19.5. The van der Waals surface area contributed by atoms with Crippen molar-refractivity contribution in [1.29, 1.82) is 0 Å². The Morgan fingerprint density at radius 3 is 2.07 bits per heavy atom. The summed E-state index contributed by atoms with van der Waals surface area (Å²) in [4.78, 5) is 25.7. The van der Waals surface area contributed by atoms with Gasteiger partial charge in [0.25, 0.3) is 0 Å². The van der Waals surface area contributed by atoms with E-state index in [9.17, 15) is 27.5 Å². The number of amides is 1. The second-order valence-corrected chi connectivity index (χ2v) is 8.62. The second-order valence-electron chi connectivity index (χ2n) is 6.68. The minimum absolute atomic E-state index is 0.00651. The van der Waals surface area contributed by atoms with E-state index < -0.39 is 33.6 Å². The molecular formula is C18H21FN2O5S. The van der Waals surface area contributed by atoms with Crippen LogP contribution in [-0.2, 0) is 19.6 Å². The van der Waals surface area contributed by atoms with Crippen molar-refractivity contribution in [1.82, 2.24) is 9.21 Å². The van der Waals surface area contributed by atoms with Gasteiger partial charge in [-0.3, -0.25) is 9.59 Å². The van der Waals surface area contributed by atoms with E-state index in [1.54, 1.807) is 6.08 Å². The molecule has 1 aromatic rings. The summed E-state index contributed by atoms with van der Waals surface area (Å²) in [5.74, 6) is -3.11. The Kier molecular flexibility index (Phi) is 5.61. The van der Waals surface area contributed by atoms with Crippen molar-refractivity contribution in [3.05, 3.63) is 42.2 Å². The number of halogens is 1. The fourth-order valence-electron chi connectivity index (χ4n) is 3.50. The van der Waals surface area contributed by atoms with Crippen LogP contribution in [0.2, 0.25) is 0 Å². The molecule has 2 atom stereocenters. The molecule has 1 saturated heterocycles. The van der Waals surface area contributed by atoms with Crippen LogP contribution >= 0.6 is 0 Å². The molecule has 3 rings (SSSR count). The van der Waals surface area contributed by atoms with Gasteiger partial charge in [0.2, 0.25) is 15.9 Å². The third-order valence-corrected chi connectivity index (χ3v) is 6.98. The largest absolute Gasteiger partial charge is 0.481 e. The normalized spacial score (nSPS) is 24.0. The van der Waals surface area contributed by atoms with Crippen molar-refractivity contribution in [2.45, 2.75) is 17.7 Å². The zero-order valence-electron chi connectivity index (χ0n) is 14.6. The molecule has 0 spiro atoms. The monoisotopic (exact) mass is 396 g/mol. The van der Waals surface area contributed by atoms with E-state index in [4.69, 9.17) is 0 Å². The summed E-state index contributed by atoms with van der Waals surface area (Å²) in [6, 6.07) is 4.62. The molecule has 9 heteroatoms. The molecule has 1 aromatic carbocycles. The molecule has 1 N–H and O–H groups in total. The third kappa shape index (κ3) is 4.03. The van der Waals surface area contributed by atoms with E-state index in [1.165, 1.54) is 21.3 Å². The molecule has 1 fully saturated rings. The SMILES string of the molecule is O=C(O)[C@H]1CC=CC[C@H]1C(=O)N1CCN(S(=O)(=O)c2ccc(F)cc2)CC1. The summed E-state index contributed by atoms with van der Waals surface area (Å²) in [6.45, 7) is 0.634. The van der Waals surface area contributed by atoms with Crippen molar-refractivity contribution < 1.29 is 27.5 Å². The van der Waals surface area contributed by atoms with Gasteiger partial charge >= 0.3 is 5.97 Å². The molecule has 0 saturated carbocycles. The Labute approximate surface area is 157 Å². The van der Waals surface area contributed by atoms with Gasteiger partial charge in [0.1, 0.15) is 5.82 Å². The summed E-state index contributed by atoms with van der Waals surface area (Å²) >= 11 is 0. The van der Waals surface area contributed by atoms with E-state index >= 15 is 0 Å². The summed E-state index contributed by atoms with van der Waals surface area (Å²) in [5, 5.41) is 9.33. The van der Waals surface area contributed by atoms with Crippen LogP contribution in [0.25, 0.3) is 0 Å². The van der Waals surface area contributed by atoms with Crippen LogP contribution in [0.3, 0.4) is 0 Å². The number of carbonyl (C=O) groups excluding carboxylic acids is 1. The highest BCUT2D eigenvalue weighted by molar-refractivity contribution is 7.89. The van der Waals surface area contributed by atoms with Crippen molar-refractivity contribution in [2.75, 3.05) is 26.2 Å². The maximum atomic E-state index is 13.0. The van der Waals surface area contributed by atoms with E-state index in [1.807, 2.05) is 6.08 Å². The Morgan fingerprint density at radius 1 is 0.963 bits per heavy atom. The molecule has 1 heterocycles. The number of sulfonamides is 1. The standard InChI is InChI=1S/C18H21FN2O5S/c19-13-5-7-14(8-6-13)27(25,26)21-11-9-20(10-12-21)17(22)15-3-1-2-4-16(15)18(23)24/h1-2,5-8,15-16H,3-4,9-12H2,(H,23,24)/t15-,16+/m1/s1. The van der Waals surface area contributed by atoms with Gasteiger partial charge in [0, 0.05) is 26.2 Å². The number of hydrogen-bond donors (Lipinski definition) is 1. The van der Waals surface area contributed by atoms with Gasteiger partial charge in [-0.25, -0.2) is 12.8 Å². The van der Waals surface area contributed by atoms with Crippen LogP contribution in [0, 0.1) is 17.7 Å². The Hall–Kier alpha value is -2.26. The number of rotatable bonds is 4. The van der Waals surface area contributed by atoms with Gasteiger partial charge in [-0.15, -0.1) is 0 Å². The first-order valence-corrected chi connectivity index (χ1v) is 10.2. The van der Waals surface area contributed by atoms with E-state index in [-0.39, 0.29) is 37.0 Å². The van der Waals surface area contributed by atoms with E-state index in [2.05, 4.69) is 0 Å². The molecule has 2 aliphatic rings. The highest BCUT2D eigenvalue weighted by Gasteiger charge is 2.38. The lowest BCUT2D eigenvalue weighted by molar-refractivity contribution is -0.151. The van der Waals surface area contributed by atoms with Gasteiger partial charge in [-0.2, -0.15) is 4.31 Å². The smallest absolute Gasteiger partial charge is 0.307 e. The Bertz CT molecular complexity index is 845. The Morgan fingerprint density at radius 2 is 1.52 bits per heavy atom. The molecule has 0 bridgehead atoms. The number of carboxylic acids is 1. The molecule has 27 heavy (non-hydrogen) atoms. The number of hydrogen-bond acceptors (Lipinski definition) is 4. The zero-order chi connectivity index (χ0) is 19.6. The van der Waals surface area contributed by atoms with Crippen LogP contribution in [-0.4, -0.2) is 60.8 Å². The van der Waals surface area contributed by atoms with Crippen LogP contribution < -0.4 is 0 Å². The quantitative estimate of drug-likeness (QED) is 0.775. The molecule has 1 amide bonds. The van der Waals surface area contributed by atoms with Crippen LogP contribution in [0.1, 0.15) is 12.8 Å². The van der Waals surface area contributed by atoms with Crippen LogP contribution in [0.5, 0.6) is 0 Å². The summed E-state index contributed by atoms with van der Waals surface area (Å²) in [6.07, 6.45) is 4.29. The maximum absolute atomic E-state index is 13.0. The third-order valence-electron chi connectivity index (χ3n) is 5.07. The van der Waals surface area contributed by atoms with E-state index in [0.717, 1.165) is 12.1 Å². The lowest BCUT2D eigenvalue weighted by Gasteiger charge is -2.37. The minimum Gasteiger partial charge on any atom is -0.481 e. The number of nitrogens with zero attached hydrogens (tertiary/aromatic N) is 2. The lowest BCUT2D eigenvalue weighted by atomic mass is 9.82. The highest BCUT2D eigenvalue weighted by Crippen LogP contribution is 2.28. The molecule has 0 radical (unpaired) electrons. The van der Waals surface area contributed by atoms with Crippen molar-refractivity contribution in [2.24, 2.45) is 11.8 Å². The van der Waals surface area contributed by atoms with Gasteiger partial charge in [-0.1, -0.05) is 12.2 Å². The van der Waals surface area contributed by atoms with Gasteiger partial charge < -0.3 is 10.0 Å². The topological polar surface area (TPSA) is 95.0 Å². The summed E-state index contributed by atoms with van der Waals surface area (Å²) in [7, 11) is -3.75. The van der Waals surface area contributed by atoms with Gasteiger partial charge in [-0.05, 0) is 37.1 Å². The minimum atomic E-state index is -3.75. The average molecular weight is 396 g/mol. The molecular weight excluding hydrogens is 375 g/mol. The molecule has 7 nitrogen and oxygen atoms in total. The Balaban J connectivity index is 1.66. The van der Waals surface area contributed by atoms with Crippen molar-refractivity contribution in [3.8, 4) is 0 Å². The molecule has 1 aliphatic heterocycles. The average Bonchev–Trinajstić information content (AvgIpc) is 2.68. The first-order valence-electron chi connectivity index (χ1n) is 8.73. The fourth-order valence-corrected chi connectivity index (χ4v) is 4.92. The predicted octanol–water partition coefficient (Wildman–Crippen LogP) is 1.33. The summed E-state index contributed by atoms with van der Waals surface area (Å²) < 4.78 is 39.5. The number of allylic oxidation sites excluding steroid dienone is 2. The molecule has 1 aliphatic carbocycles. The first-order chi connectivity index (χ1) is 12.8. The van der Waals surface area contributed by atoms with E-state index in [0.29, 0.717) is 12.8 Å². The maximum Gasteiger partial charge on any atom is 0.307 e.